The first-order chi connectivity index (χ1) is 14.1. The van der Waals surface area contributed by atoms with Crippen molar-refractivity contribution in [1.82, 2.24) is 20.1 Å². The lowest BCUT2D eigenvalue weighted by Gasteiger charge is -2.25. The van der Waals surface area contributed by atoms with Gasteiger partial charge in [0.2, 0.25) is 11.9 Å². The number of ether oxygens (including phenoxy) is 1. The number of fused-ring (bicyclic) bond motifs is 2. The molecule has 2 fully saturated rings. The number of nitrogens with zero attached hydrogens (tertiary/aromatic N) is 5. The van der Waals surface area contributed by atoms with Crippen LogP contribution in [-0.2, 0) is 17.8 Å². The van der Waals surface area contributed by atoms with Gasteiger partial charge in [-0.05, 0) is 25.0 Å². The second kappa shape index (κ2) is 7.75. The van der Waals surface area contributed by atoms with Crippen molar-refractivity contribution in [2.75, 3.05) is 36.9 Å². The summed E-state index contributed by atoms with van der Waals surface area (Å²) >= 11 is 12.5. The number of halogens is 2. The lowest BCUT2D eigenvalue weighted by Crippen LogP contribution is -2.37. The standard InChI is InChI=1S/C19H23Cl2N7O/c20-13-2-3-14(22)12(16(13)21)9-23-15-4-1-11-10-28-18(24-17(11)15)25-19(26-28)27-5-7-29-8-6-27/h2-3,11,15,23H,1,4-10,22H2. The molecule has 1 aromatic carbocycles. The molecular formula is C19H23Cl2N7O. The molecule has 2 aliphatic heterocycles. The van der Waals surface area contributed by atoms with E-state index in [1.165, 1.54) is 0 Å². The van der Waals surface area contributed by atoms with Crippen molar-refractivity contribution in [2.24, 2.45) is 10.9 Å². The molecule has 8 nitrogen and oxygen atoms in total. The molecule has 29 heavy (non-hydrogen) atoms. The van der Waals surface area contributed by atoms with Gasteiger partial charge in [-0.2, -0.15) is 4.98 Å². The summed E-state index contributed by atoms with van der Waals surface area (Å²) in [6.45, 7) is 4.42. The van der Waals surface area contributed by atoms with Crippen LogP contribution < -0.4 is 16.0 Å². The molecule has 10 heteroatoms. The Labute approximate surface area is 179 Å². The molecule has 1 saturated heterocycles. The second-order valence-electron chi connectivity index (χ2n) is 7.67. The first kappa shape index (κ1) is 19.1. The molecule has 0 spiro atoms. The number of nitrogens with one attached hydrogen (secondary N) is 1. The van der Waals surface area contributed by atoms with Crippen LogP contribution in [0.5, 0.6) is 0 Å². The van der Waals surface area contributed by atoms with Gasteiger partial charge in [0.15, 0.2) is 0 Å². The van der Waals surface area contributed by atoms with Crippen LogP contribution in [0.2, 0.25) is 10.0 Å². The Morgan fingerprint density at radius 3 is 2.86 bits per heavy atom. The van der Waals surface area contributed by atoms with Crippen LogP contribution in [0.15, 0.2) is 17.1 Å². The van der Waals surface area contributed by atoms with E-state index in [1.54, 1.807) is 12.1 Å². The number of anilines is 2. The van der Waals surface area contributed by atoms with Gasteiger partial charge in [0.25, 0.3) is 0 Å². The molecule has 0 amide bonds. The summed E-state index contributed by atoms with van der Waals surface area (Å²) in [5, 5.41) is 9.28. The van der Waals surface area contributed by atoms with Crippen LogP contribution in [0, 0.1) is 5.92 Å². The third kappa shape index (κ3) is 3.59. The van der Waals surface area contributed by atoms with Crippen LogP contribution in [0.4, 0.5) is 17.6 Å². The van der Waals surface area contributed by atoms with Crippen molar-refractivity contribution < 1.29 is 4.74 Å². The first-order valence-corrected chi connectivity index (χ1v) is 10.7. The second-order valence-corrected chi connectivity index (χ2v) is 8.45. The summed E-state index contributed by atoms with van der Waals surface area (Å²) in [6, 6.07) is 3.68. The van der Waals surface area contributed by atoms with Gasteiger partial charge in [-0.15, -0.1) is 5.10 Å². The van der Waals surface area contributed by atoms with E-state index >= 15 is 0 Å². The number of benzene rings is 1. The van der Waals surface area contributed by atoms with Crippen molar-refractivity contribution >= 4 is 46.5 Å². The molecule has 1 saturated carbocycles. The average Bonchev–Trinajstić information content (AvgIpc) is 3.33. The zero-order valence-electron chi connectivity index (χ0n) is 15.9. The minimum atomic E-state index is 0.173. The van der Waals surface area contributed by atoms with Gasteiger partial charge in [-0.25, -0.2) is 9.67 Å². The van der Waals surface area contributed by atoms with E-state index in [0.717, 1.165) is 49.7 Å². The topological polar surface area (TPSA) is 93.6 Å². The summed E-state index contributed by atoms with van der Waals surface area (Å²) < 4.78 is 7.36. The van der Waals surface area contributed by atoms with Gasteiger partial charge < -0.3 is 20.7 Å². The maximum Gasteiger partial charge on any atom is 0.249 e. The number of morpholine rings is 1. The van der Waals surface area contributed by atoms with Gasteiger partial charge in [0.1, 0.15) is 0 Å². The minimum Gasteiger partial charge on any atom is -0.398 e. The first-order valence-electron chi connectivity index (χ1n) is 9.92. The molecule has 2 atom stereocenters. The van der Waals surface area contributed by atoms with Gasteiger partial charge in [0.05, 0.1) is 29.8 Å². The molecule has 3 aliphatic rings. The Hall–Kier alpha value is -1.87. The monoisotopic (exact) mass is 435 g/mol. The number of hydrogen-bond donors (Lipinski definition) is 2. The molecule has 3 heterocycles. The Morgan fingerprint density at radius 1 is 1.21 bits per heavy atom. The fourth-order valence-electron chi connectivity index (χ4n) is 4.27. The lowest BCUT2D eigenvalue weighted by molar-refractivity contribution is 0.122. The van der Waals surface area contributed by atoms with E-state index in [4.69, 9.17) is 38.7 Å². The van der Waals surface area contributed by atoms with Gasteiger partial charge in [0, 0.05) is 48.6 Å². The Morgan fingerprint density at radius 2 is 2.03 bits per heavy atom. The molecule has 2 unspecified atom stereocenters. The molecular weight excluding hydrogens is 413 g/mol. The van der Waals surface area contributed by atoms with E-state index in [1.807, 2.05) is 4.68 Å². The van der Waals surface area contributed by atoms with E-state index in [2.05, 4.69) is 20.3 Å². The van der Waals surface area contributed by atoms with Crippen molar-refractivity contribution in [2.45, 2.75) is 32.0 Å². The normalized spacial score (nSPS) is 23.7. The number of hydrogen-bond acceptors (Lipinski definition) is 7. The van der Waals surface area contributed by atoms with Crippen molar-refractivity contribution in [1.29, 1.82) is 0 Å². The predicted molar refractivity (Wildman–Crippen MR) is 114 cm³/mol. The van der Waals surface area contributed by atoms with E-state index in [-0.39, 0.29) is 6.04 Å². The quantitative estimate of drug-likeness (QED) is 0.716. The largest absolute Gasteiger partial charge is 0.398 e. The molecule has 154 valence electrons. The number of aliphatic imine (C=N–C) groups is 1. The van der Waals surface area contributed by atoms with Crippen molar-refractivity contribution in [3.05, 3.63) is 27.7 Å². The number of nitrogens with two attached hydrogens (primary N) is 1. The van der Waals surface area contributed by atoms with Gasteiger partial charge in [-0.3, -0.25) is 0 Å². The molecule has 1 aliphatic carbocycles. The van der Waals surface area contributed by atoms with E-state index in [9.17, 15) is 0 Å². The lowest BCUT2D eigenvalue weighted by atomic mass is 10.0. The maximum absolute atomic E-state index is 6.35. The summed E-state index contributed by atoms with van der Waals surface area (Å²) in [5.41, 5.74) is 8.71. The van der Waals surface area contributed by atoms with Crippen LogP contribution in [0.1, 0.15) is 18.4 Å². The number of aromatic nitrogens is 3. The molecule has 1 aromatic heterocycles. The highest BCUT2D eigenvalue weighted by molar-refractivity contribution is 6.42. The zero-order chi connectivity index (χ0) is 20.0. The predicted octanol–water partition coefficient (Wildman–Crippen LogP) is 2.66. The van der Waals surface area contributed by atoms with Crippen LogP contribution in [-0.4, -0.2) is 52.8 Å². The molecule has 0 bridgehead atoms. The number of nitrogen functional groups attached to an aromatic ring is 1. The summed E-state index contributed by atoms with van der Waals surface area (Å²) in [6.07, 6.45) is 2.09. The zero-order valence-corrected chi connectivity index (χ0v) is 17.5. The van der Waals surface area contributed by atoms with E-state index < -0.39 is 0 Å². The van der Waals surface area contributed by atoms with Crippen molar-refractivity contribution in [3.8, 4) is 0 Å². The molecule has 0 radical (unpaired) electrons. The maximum atomic E-state index is 6.35. The summed E-state index contributed by atoms with van der Waals surface area (Å²) in [7, 11) is 0. The summed E-state index contributed by atoms with van der Waals surface area (Å²) in [5.74, 6) is 1.81. The van der Waals surface area contributed by atoms with E-state index in [0.29, 0.717) is 47.4 Å². The Kier molecular flexibility index (Phi) is 5.11. The third-order valence-electron chi connectivity index (χ3n) is 5.89. The van der Waals surface area contributed by atoms with Crippen LogP contribution >= 0.6 is 23.2 Å². The smallest absolute Gasteiger partial charge is 0.249 e. The average molecular weight is 436 g/mol. The highest BCUT2D eigenvalue weighted by atomic mass is 35.5. The number of rotatable bonds is 4. The molecule has 5 rings (SSSR count). The van der Waals surface area contributed by atoms with Gasteiger partial charge >= 0.3 is 0 Å². The minimum absolute atomic E-state index is 0.173. The van der Waals surface area contributed by atoms with Crippen molar-refractivity contribution in [3.63, 3.8) is 0 Å². The fraction of sp³-hybridized carbons (Fsp3) is 0.526. The molecule has 2 aromatic rings. The highest BCUT2D eigenvalue weighted by Gasteiger charge is 2.36. The Balaban J connectivity index is 1.33. The third-order valence-corrected chi connectivity index (χ3v) is 6.74. The van der Waals surface area contributed by atoms with Crippen LogP contribution in [0.3, 0.4) is 0 Å². The Bertz CT molecular complexity index is 954. The summed E-state index contributed by atoms with van der Waals surface area (Å²) in [4.78, 5) is 11.7. The van der Waals surface area contributed by atoms with Gasteiger partial charge in [-0.1, -0.05) is 23.2 Å². The van der Waals surface area contributed by atoms with Crippen LogP contribution in [0.25, 0.3) is 0 Å². The molecule has 3 N–H and O–H groups in total. The fourth-order valence-corrected chi connectivity index (χ4v) is 4.69. The SMILES string of the molecule is Nc1ccc(Cl)c(Cl)c1CNC1CCC2Cn3nc(N4CCOCC4)nc3N=C21. The highest BCUT2D eigenvalue weighted by Crippen LogP contribution is 2.34.